The first-order valence-corrected chi connectivity index (χ1v) is 5.47. The van der Waals surface area contributed by atoms with E-state index in [-0.39, 0.29) is 0 Å². The van der Waals surface area contributed by atoms with Gasteiger partial charge < -0.3 is 19.8 Å². The Kier molecular flexibility index (Phi) is 6.31. The molecule has 17 heavy (non-hydrogen) atoms. The molecule has 0 spiro atoms. The first-order chi connectivity index (χ1) is 8.31. The van der Waals surface area contributed by atoms with Crippen LogP contribution in [0.25, 0.3) is 0 Å². The number of nitrogen functional groups attached to an aromatic ring is 1. The van der Waals surface area contributed by atoms with Crippen LogP contribution >= 0.6 is 0 Å². The standard InChI is InChI=1S/C11H20N4O2/c1-16-7-5-15(6-8-17-2)10-3-4-11(14-12)13-9-10/h3-4,9H,5-8,12H2,1-2H3,(H,13,14). The molecule has 0 bridgehead atoms. The van der Waals surface area contributed by atoms with Crippen LogP contribution < -0.4 is 16.2 Å². The Morgan fingerprint density at radius 2 is 1.88 bits per heavy atom. The summed E-state index contributed by atoms with van der Waals surface area (Å²) in [5.41, 5.74) is 3.53. The van der Waals surface area contributed by atoms with E-state index in [2.05, 4.69) is 15.3 Å². The quantitative estimate of drug-likeness (QED) is 0.508. The predicted octanol–water partition coefficient (Wildman–Crippen LogP) is 0.466. The fourth-order valence-electron chi connectivity index (χ4n) is 1.43. The molecule has 0 saturated carbocycles. The second-order valence-electron chi connectivity index (χ2n) is 3.52. The van der Waals surface area contributed by atoms with Crippen LogP contribution in [0.5, 0.6) is 0 Å². The first kappa shape index (κ1) is 13.7. The van der Waals surface area contributed by atoms with Crippen LogP contribution in [-0.4, -0.2) is 45.5 Å². The van der Waals surface area contributed by atoms with E-state index in [0.717, 1.165) is 18.8 Å². The molecule has 1 rings (SSSR count). The molecule has 3 N–H and O–H groups in total. The summed E-state index contributed by atoms with van der Waals surface area (Å²) in [5, 5.41) is 0. The highest BCUT2D eigenvalue weighted by Gasteiger charge is 2.06. The number of hydrogen-bond acceptors (Lipinski definition) is 6. The van der Waals surface area contributed by atoms with Crippen molar-refractivity contribution in [1.29, 1.82) is 0 Å². The Morgan fingerprint density at radius 3 is 2.29 bits per heavy atom. The van der Waals surface area contributed by atoms with Gasteiger partial charge in [0.25, 0.3) is 0 Å². The van der Waals surface area contributed by atoms with Crippen molar-refractivity contribution in [3.63, 3.8) is 0 Å². The Hall–Kier alpha value is -1.37. The van der Waals surface area contributed by atoms with E-state index in [1.54, 1.807) is 20.4 Å². The Bertz CT molecular complexity index is 297. The molecule has 0 saturated heterocycles. The van der Waals surface area contributed by atoms with Gasteiger partial charge in [0, 0.05) is 27.3 Å². The minimum absolute atomic E-state index is 0.646. The normalized spacial score (nSPS) is 10.3. The average Bonchev–Trinajstić information content (AvgIpc) is 2.39. The van der Waals surface area contributed by atoms with Crippen LogP contribution in [0.4, 0.5) is 11.5 Å². The highest BCUT2D eigenvalue weighted by atomic mass is 16.5. The zero-order chi connectivity index (χ0) is 12.5. The third kappa shape index (κ3) is 4.56. The lowest BCUT2D eigenvalue weighted by atomic mass is 10.3. The number of rotatable bonds is 8. The number of anilines is 2. The molecule has 0 radical (unpaired) electrons. The molecule has 6 nitrogen and oxygen atoms in total. The molecule has 0 amide bonds. The number of hydrogen-bond donors (Lipinski definition) is 2. The maximum absolute atomic E-state index is 5.27. The minimum atomic E-state index is 0.646. The van der Waals surface area contributed by atoms with Gasteiger partial charge in [-0.3, -0.25) is 0 Å². The van der Waals surface area contributed by atoms with Crippen molar-refractivity contribution < 1.29 is 9.47 Å². The number of pyridine rings is 1. The first-order valence-electron chi connectivity index (χ1n) is 5.47. The molecule has 0 fully saturated rings. The summed E-state index contributed by atoms with van der Waals surface area (Å²) in [5.74, 6) is 5.92. The van der Waals surface area contributed by atoms with Gasteiger partial charge >= 0.3 is 0 Å². The average molecular weight is 240 g/mol. The van der Waals surface area contributed by atoms with Crippen molar-refractivity contribution in [2.45, 2.75) is 0 Å². The molecule has 0 aromatic carbocycles. The number of hydrazine groups is 1. The van der Waals surface area contributed by atoms with Crippen LogP contribution in [-0.2, 0) is 9.47 Å². The van der Waals surface area contributed by atoms with E-state index in [1.807, 2.05) is 12.1 Å². The Labute approximate surface area is 102 Å². The Balaban J connectivity index is 2.65. The summed E-state index contributed by atoms with van der Waals surface area (Å²) in [6.07, 6.45) is 1.78. The van der Waals surface area contributed by atoms with Crippen LogP contribution in [0.3, 0.4) is 0 Å². The lowest BCUT2D eigenvalue weighted by Gasteiger charge is -2.23. The summed E-state index contributed by atoms with van der Waals surface area (Å²) >= 11 is 0. The Morgan fingerprint density at radius 1 is 1.24 bits per heavy atom. The van der Waals surface area contributed by atoms with Gasteiger partial charge in [0.15, 0.2) is 0 Å². The number of methoxy groups -OCH3 is 2. The highest BCUT2D eigenvalue weighted by molar-refractivity contribution is 5.49. The third-order valence-corrected chi connectivity index (χ3v) is 2.39. The van der Waals surface area contributed by atoms with Gasteiger partial charge in [-0.05, 0) is 12.1 Å². The second-order valence-corrected chi connectivity index (χ2v) is 3.52. The van der Waals surface area contributed by atoms with Crippen LogP contribution in [0.1, 0.15) is 0 Å². The molecule has 6 heteroatoms. The number of nitrogens with two attached hydrogens (primary N) is 1. The van der Waals surface area contributed by atoms with Gasteiger partial charge in [-0.1, -0.05) is 0 Å². The fraction of sp³-hybridized carbons (Fsp3) is 0.545. The lowest BCUT2D eigenvalue weighted by Crippen LogP contribution is -2.30. The van der Waals surface area contributed by atoms with Crippen LogP contribution in [0, 0.1) is 0 Å². The zero-order valence-electron chi connectivity index (χ0n) is 10.3. The fourth-order valence-corrected chi connectivity index (χ4v) is 1.43. The molecular weight excluding hydrogens is 220 g/mol. The number of nitrogens with one attached hydrogen (secondary N) is 1. The maximum Gasteiger partial charge on any atom is 0.140 e. The lowest BCUT2D eigenvalue weighted by molar-refractivity contribution is 0.190. The van der Waals surface area contributed by atoms with Crippen molar-refractivity contribution in [2.24, 2.45) is 5.84 Å². The molecule has 0 aliphatic carbocycles. The van der Waals surface area contributed by atoms with E-state index in [4.69, 9.17) is 15.3 Å². The molecule has 1 aromatic heterocycles. The smallest absolute Gasteiger partial charge is 0.140 e. The molecule has 0 aliphatic rings. The largest absolute Gasteiger partial charge is 0.383 e. The molecule has 0 unspecified atom stereocenters. The summed E-state index contributed by atoms with van der Waals surface area (Å²) in [4.78, 5) is 6.33. The maximum atomic E-state index is 5.27. The molecule has 96 valence electrons. The van der Waals surface area contributed by atoms with Crippen molar-refractivity contribution in [2.75, 3.05) is 50.8 Å². The summed E-state index contributed by atoms with van der Waals surface area (Å²) < 4.78 is 10.2. The van der Waals surface area contributed by atoms with Crippen LogP contribution in [0.2, 0.25) is 0 Å². The third-order valence-electron chi connectivity index (χ3n) is 2.39. The van der Waals surface area contributed by atoms with Gasteiger partial charge in [-0.25, -0.2) is 10.8 Å². The van der Waals surface area contributed by atoms with Crippen molar-refractivity contribution in [3.05, 3.63) is 18.3 Å². The number of ether oxygens (including phenoxy) is 2. The second kappa shape index (κ2) is 7.83. The molecular formula is C11H20N4O2. The van der Waals surface area contributed by atoms with E-state index in [0.29, 0.717) is 19.0 Å². The van der Waals surface area contributed by atoms with Crippen molar-refractivity contribution in [1.82, 2.24) is 4.98 Å². The molecule has 0 aliphatic heterocycles. The zero-order valence-corrected chi connectivity index (χ0v) is 10.3. The number of nitrogens with zero attached hydrogens (tertiary/aromatic N) is 2. The summed E-state index contributed by atoms with van der Waals surface area (Å²) in [6, 6.07) is 3.80. The monoisotopic (exact) mass is 240 g/mol. The van der Waals surface area contributed by atoms with Gasteiger partial charge in [-0.2, -0.15) is 0 Å². The van der Waals surface area contributed by atoms with Gasteiger partial charge in [0.2, 0.25) is 0 Å². The van der Waals surface area contributed by atoms with Gasteiger partial charge in [0.1, 0.15) is 5.82 Å². The van der Waals surface area contributed by atoms with E-state index < -0.39 is 0 Å². The van der Waals surface area contributed by atoms with Crippen molar-refractivity contribution >= 4 is 11.5 Å². The molecule has 1 heterocycles. The SMILES string of the molecule is COCCN(CCOC)c1ccc(NN)nc1. The van der Waals surface area contributed by atoms with E-state index >= 15 is 0 Å². The van der Waals surface area contributed by atoms with Gasteiger partial charge in [-0.15, -0.1) is 0 Å². The van der Waals surface area contributed by atoms with E-state index in [9.17, 15) is 0 Å². The highest BCUT2D eigenvalue weighted by Crippen LogP contribution is 2.14. The number of aromatic nitrogens is 1. The predicted molar refractivity (Wildman–Crippen MR) is 68.0 cm³/mol. The summed E-state index contributed by atoms with van der Waals surface area (Å²) in [7, 11) is 3.38. The molecule has 1 aromatic rings. The minimum Gasteiger partial charge on any atom is -0.383 e. The molecule has 0 atom stereocenters. The van der Waals surface area contributed by atoms with Crippen LogP contribution in [0.15, 0.2) is 18.3 Å². The topological polar surface area (TPSA) is 72.6 Å². The van der Waals surface area contributed by atoms with E-state index in [1.165, 1.54) is 0 Å². The summed E-state index contributed by atoms with van der Waals surface area (Å²) in [6.45, 7) is 2.94. The van der Waals surface area contributed by atoms with Gasteiger partial charge in [0.05, 0.1) is 25.1 Å². The van der Waals surface area contributed by atoms with Crippen molar-refractivity contribution in [3.8, 4) is 0 Å².